The van der Waals surface area contributed by atoms with Crippen molar-refractivity contribution in [1.82, 2.24) is 15.2 Å². The Kier molecular flexibility index (Phi) is 10.3. The van der Waals surface area contributed by atoms with Gasteiger partial charge in [-0.25, -0.2) is 14.3 Å². The van der Waals surface area contributed by atoms with Gasteiger partial charge in [-0.1, -0.05) is 11.2 Å². The molecule has 0 aromatic carbocycles. The molecule has 0 radical (unpaired) electrons. The molecule has 13 nitrogen and oxygen atoms in total. The third-order valence-corrected chi connectivity index (χ3v) is 7.55. The number of hydrogen-bond donors (Lipinski definition) is 3. The van der Waals surface area contributed by atoms with Crippen LogP contribution in [0.2, 0.25) is 0 Å². The zero-order chi connectivity index (χ0) is 26.9. The van der Waals surface area contributed by atoms with Crippen molar-refractivity contribution < 1.29 is 38.8 Å². The summed E-state index contributed by atoms with van der Waals surface area (Å²) in [6.07, 6.45) is 3.55. The molecule has 2 aliphatic rings. The number of rotatable bonds is 9. The van der Waals surface area contributed by atoms with E-state index in [4.69, 9.17) is 10.6 Å². The number of fused-ring (bicyclic) bond motifs is 1. The Morgan fingerprint density at radius 3 is 2.54 bits per heavy atom. The number of carbonyl (C=O) groups is 4. The van der Waals surface area contributed by atoms with Crippen molar-refractivity contribution in [1.29, 1.82) is 0 Å². The molecule has 2 atom stereocenters. The molecule has 0 bridgehead atoms. The first-order valence-electron chi connectivity index (χ1n) is 10.8. The molecule has 1 saturated heterocycles. The number of nitrogens with one attached hydrogen (secondary N) is 1. The molecule has 2 aromatic heterocycles. The van der Waals surface area contributed by atoms with E-state index in [1.807, 2.05) is 6.07 Å². The maximum Gasteiger partial charge on any atom is 0.350 e. The summed E-state index contributed by atoms with van der Waals surface area (Å²) < 4.78 is 1.78. The topological polar surface area (TPSA) is 191 Å². The number of carboxylic acid groups (broad SMARTS) is 2. The SMILES string of the molecule is CC(C)(ON=C(C(=O)N[C@@H]1C(=O)N2C(C(=O)[O-])=C(C[n+]3ccccc3)CS[C@H]12)c1csc(N)n1)C(=O)O.Cl.Cl. The van der Waals surface area contributed by atoms with Gasteiger partial charge in [0.15, 0.2) is 29.8 Å². The Bertz CT molecular complexity index is 1340. The van der Waals surface area contributed by atoms with Crippen LogP contribution < -0.4 is 20.7 Å². The largest absolute Gasteiger partial charge is 0.543 e. The number of nitrogen functional groups attached to an aromatic ring is 1. The highest BCUT2D eigenvalue weighted by atomic mass is 35.5. The maximum atomic E-state index is 13.1. The van der Waals surface area contributed by atoms with Crippen LogP contribution in [0.3, 0.4) is 0 Å². The minimum atomic E-state index is -1.75. The number of β-lactam (4-membered cyclic amide) rings is 1. The summed E-state index contributed by atoms with van der Waals surface area (Å²) in [6.45, 7) is 2.74. The fraction of sp³-hybridized carbons (Fsp3) is 0.318. The molecule has 4 heterocycles. The lowest BCUT2D eigenvalue weighted by Crippen LogP contribution is -2.71. The van der Waals surface area contributed by atoms with E-state index in [2.05, 4.69) is 15.5 Å². The lowest BCUT2D eigenvalue weighted by atomic mass is 10.0. The maximum absolute atomic E-state index is 13.1. The quantitative estimate of drug-likeness (QED) is 0.143. The number of nitrogens with two attached hydrogens (primary N) is 1. The average molecular weight is 620 g/mol. The van der Waals surface area contributed by atoms with Crippen LogP contribution in [0.1, 0.15) is 19.5 Å². The van der Waals surface area contributed by atoms with Gasteiger partial charge in [0, 0.05) is 28.8 Å². The predicted molar refractivity (Wildman–Crippen MR) is 144 cm³/mol. The van der Waals surface area contributed by atoms with E-state index in [0.29, 0.717) is 11.3 Å². The van der Waals surface area contributed by atoms with Gasteiger partial charge in [-0.3, -0.25) is 14.5 Å². The molecule has 1 fully saturated rings. The summed E-state index contributed by atoms with van der Waals surface area (Å²) in [5.74, 6) is -4.01. The number of thioether (sulfide) groups is 1. The second-order valence-corrected chi connectivity index (χ2v) is 10.6. The van der Waals surface area contributed by atoms with E-state index in [-0.39, 0.29) is 53.6 Å². The Morgan fingerprint density at radius 1 is 1.31 bits per heavy atom. The number of pyridine rings is 1. The highest BCUT2D eigenvalue weighted by Crippen LogP contribution is 2.40. The molecule has 2 aliphatic heterocycles. The van der Waals surface area contributed by atoms with Crippen LogP contribution in [0.5, 0.6) is 0 Å². The number of nitrogens with zero attached hydrogens (tertiary/aromatic N) is 4. The Labute approximate surface area is 242 Å². The van der Waals surface area contributed by atoms with Gasteiger partial charge in [0.25, 0.3) is 11.8 Å². The van der Waals surface area contributed by atoms with Crippen molar-refractivity contribution >= 4 is 82.5 Å². The molecule has 0 unspecified atom stereocenters. The number of carbonyl (C=O) groups excluding carboxylic acids is 3. The van der Waals surface area contributed by atoms with Crippen molar-refractivity contribution in [2.75, 3.05) is 11.5 Å². The number of oxime groups is 1. The van der Waals surface area contributed by atoms with Gasteiger partial charge in [0.1, 0.15) is 17.1 Å². The normalized spacial score (nSPS) is 18.7. The lowest BCUT2D eigenvalue weighted by Gasteiger charge is -2.50. The zero-order valence-electron chi connectivity index (χ0n) is 20.4. The molecular formula is C22H24Cl2N6O7S2. The number of amides is 2. The number of aliphatic carboxylic acids is 2. The molecule has 0 aliphatic carbocycles. The summed E-state index contributed by atoms with van der Waals surface area (Å²) in [6, 6.07) is 4.36. The van der Waals surface area contributed by atoms with Crippen LogP contribution in [-0.4, -0.2) is 67.2 Å². The average Bonchev–Trinajstić information content (AvgIpc) is 3.28. The second-order valence-electron chi connectivity index (χ2n) is 8.57. The van der Waals surface area contributed by atoms with Gasteiger partial charge >= 0.3 is 5.97 Å². The van der Waals surface area contributed by atoms with Gasteiger partial charge in [-0.05, 0) is 13.8 Å². The molecule has 0 saturated carbocycles. The zero-order valence-corrected chi connectivity index (χ0v) is 23.7. The fourth-order valence-electron chi connectivity index (χ4n) is 3.56. The Balaban J connectivity index is 0.00000267. The molecule has 4 N–H and O–H groups in total. The second kappa shape index (κ2) is 12.6. The van der Waals surface area contributed by atoms with E-state index >= 15 is 0 Å². The third-order valence-electron chi connectivity index (χ3n) is 5.54. The van der Waals surface area contributed by atoms with Crippen molar-refractivity contribution in [3.63, 3.8) is 0 Å². The first-order chi connectivity index (χ1) is 17.5. The number of thiazole rings is 1. The van der Waals surface area contributed by atoms with Crippen molar-refractivity contribution in [3.05, 3.63) is 52.9 Å². The molecule has 2 amide bonds. The standard InChI is InChI=1S/C22H22N6O7S2.2ClH/c1-22(2,20(33)34)35-26-13(12-10-37-21(23)24-12)16(29)25-14-17(30)28-15(19(31)32)11(9-36-18(14)28)8-27-6-4-3-5-7-27;;/h3-7,10,14,18H,8-9H2,1-2H3,(H4-,23,24,25,29,31,32,33,34);2*1H/t14-,18-;;/m1../s1. The lowest BCUT2D eigenvalue weighted by molar-refractivity contribution is -0.689. The summed E-state index contributed by atoms with van der Waals surface area (Å²) in [5.41, 5.74) is 3.83. The van der Waals surface area contributed by atoms with E-state index in [1.54, 1.807) is 29.1 Å². The van der Waals surface area contributed by atoms with Crippen molar-refractivity contribution in [2.45, 2.75) is 37.4 Å². The highest BCUT2D eigenvalue weighted by Gasteiger charge is 2.53. The van der Waals surface area contributed by atoms with E-state index in [0.717, 1.165) is 16.2 Å². The van der Waals surface area contributed by atoms with Gasteiger partial charge < -0.3 is 30.9 Å². The smallest absolute Gasteiger partial charge is 0.350 e. The monoisotopic (exact) mass is 618 g/mol. The molecule has 2 aromatic rings. The van der Waals surface area contributed by atoms with Crippen LogP contribution in [-0.2, 0) is 30.6 Å². The Morgan fingerprint density at radius 2 is 1.97 bits per heavy atom. The highest BCUT2D eigenvalue weighted by molar-refractivity contribution is 8.00. The molecule has 4 rings (SSSR count). The van der Waals surface area contributed by atoms with Crippen LogP contribution in [0, 0.1) is 0 Å². The van der Waals surface area contributed by atoms with Crippen molar-refractivity contribution in [3.8, 4) is 0 Å². The summed E-state index contributed by atoms with van der Waals surface area (Å²) in [5, 5.41) is 28.4. The summed E-state index contributed by atoms with van der Waals surface area (Å²) in [7, 11) is 0. The number of hydrogen-bond acceptors (Lipinski definition) is 11. The number of anilines is 1. The molecular weight excluding hydrogens is 595 g/mol. The van der Waals surface area contributed by atoms with Crippen LogP contribution in [0.4, 0.5) is 5.13 Å². The Hall–Kier alpha value is -3.40. The molecule has 39 heavy (non-hydrogen) atoms. The molecule has 0 spiro atoms. The number of halogens is 2. The minimum Gasteiger partial charge on any atom is -0.543 e. The predicted octanol–water partition coefficient (Wildman–Crippen LogP) is -0.456. The summed E-state index contributed by atoms with van der Waals surface area (Å²) >= 11 is 2.32. The van der Waals surface area contributed by atoms with E-state index in [1.165, 1.54) is 31.0 Å². The fourth-order valence-corrected chi connectivity index (χ4v) is 5.45. The summed E-state index contributed by atoms with van der Waals surface area (Å²) in [4.78, 5) is 59.6. The van der Waals surface area contributed by atoms with Crippen LogP contribution >= 0.6 is 47.9 Å². The first-order valence-corrected chi connectivity index (χ1v) is 12.8. The van der Waals surface area contributed by atoms with Gasteiger partial charge in [-0.2, -0.15) is 0 Å². The van der Waals surface area contributed by atoms with Gasteiger partial charge in [0.05, 0.1) is 11.7 Å². The van der Waals surface area contributed by atoms with E-state index < -0.39 is 40.8 Å². The van der Waals surface area contributed by atoms with Gasteiger partial charge in [0.2, 0.25) is 5.60 Å². The number of aromatic nitrogens is 2. The van der Waals surface area contributed by atoms with Crippen molar-refractivity contribution in [2.24, 2.45) is 5.16 Å². The third kappa shape index (κ3) is 6.61. The molecule has 17 heteroatoms. The van der Waals surface area contributed by atoms with Crippen LogP contribution in [0.15, 0.2) is 52.4 Å². The first kappa shape index (κ1) is 31.8. The molecule has 210 valence electrons. The van der Waals surface area contributed by atoms with Crippen LogP contribution in [0.25, 0.3) is 0 Å². The number of carboxylic acids is 2. The van der Waals surface area contributed by atoms with E-state index in [9.17, 15) is 29.4 Å². The van der Waals surface area contributed by atoms with Gasteiger partial charge in [-0.15, -0.1) is 47.9 Å². The minimum absolute atomic E-state index is 0.